The fraction of sp³-hybridized carbons (Fsp3) is 0.692. The molecule has 0 amide bonds. The van der Waals surface area contributed by atoms with Crippen LogP contribution in [0.25, 0.3) is 0 Å². The maximum Gasteiger partial charge on any atom is 0.0843 e. The fourth-order valence-electron chi connectivity index (χ4n) is 2.77. The zero-order valence-corrected chi connectivity index (χ0v) is 14.1. The van der Waals surface area contributed by atoms with Crippen molar-refractivity contribution in [3.8, 4) is 0 Å². The Kier molecular flexibility index (Phi) is 5.52. The summed E-state index contributed by atoms with van der Waals surface area (Å²) in [7, 11) is 2.09. The van der Waals surface area contributed by atoms with Crippen LogP contribution in [-0.4, -0.2) is 7.05 Å². The quantitative estimate of drug-likeness (QED) is 0.682. The Bertz CT molecular complexity index is 337. The number of hydrogen-bond acceptors (Lipinski definition) is 2. The van der Waals surface area contributed by atoms with Crippen molar-refractivity contribution in [1.82, 2.24) is 5.32 Å². The lowest BCUT2D eigenvalue weighted by Gasteiger charge is -2.24. The number of nitrogens with one attached hydrogen (secondary N) is 1. The van der Waals surface area contributed by atoms with Crippen LogP contribution in [0.3, 0.4) is 0 Å². The highest BCUT2D eigenvalue weighted by Gasteiger charge is 2.24. The lowest BCUT2D eigenvalue weighted by Crippen LogP contribution is -2.24. The largest absolute Gasteiger partial charge is 0.312 e. The molecule has 1 aromatic rings. The van der Waals surface area contributed by atoms with E-state index in [1.807, 2.05) is 11.3 Å². The van der Waals surface area contributed by atoms with Gasteiger partial charge in [-0.15, -0.1) is 11.3 Å². The van der Waals surface area contributed by atoms with Gasteiger partial charge in [0.1, 0.15) is 0 Å². The molecule has 4 heteroatoms. The van der Waals surface area contributed by atoms with E-state index in [1.54, 1.807) is 0 Å². The van der Waals surface area contributed by atoms with Crippen molar-refractivity contribution in [1.29, 1.82) is 0 Å². The molecule has 1 aliphatic carbocycles. The van der Waals surface area contributed by atoms with E-state index in [4.69, 9.17) is 0 Å². The average molecular weight is 381 g/mol. The molecule has 0 aromatic carbocycles. The summed E-state index contributed by atoms with van der Waals surface area (Å²) in [6.45, 7) is 0. The van der Waals surface area contributed by atoms with Crippen LogP contribution < -0.4 is 5.32 Å². The molecule has 0 saturated heterocycles. The van der Waals surface area contributed by atoms with Gasteiger partial charge in [-0.3, -0.25) is 0 Å². The molecule has 1 saturated carbocycles. The predicted molar refractivity (Wildman–Crippen MR) is 82.7 cm³/mol. The van der Waals surface area contributed by atoms with Gasteiger partial charge >= 0.3 is 0 Å². The Morgan fingerprint density at radius 3 is 2.35 bits per heavy atom. The van der Waals surface area contributed by atoms with Crippen molar-refractivity contribution in [2.75, 3.05) is 7.05 Å². The van der Waals surface area contributed by atoms with E-state index in [0.29, 0.717) is 6.04 Å². The first-order valence-electron chi connectivity index (χ1n) is 6.34. The third kappa shape index (κ3) is 3.55. The molecular weight excluding hydrogens is 362 g/mol. The minimum Gasteiger partial charge on any atom is -0.312 e. The van der Waals surface area contributed by atoms with Crippen LogP contribution in [0.1, 0.15) is 49.4 Å². The van der Waals surface area contributed by atoms with E-state index in [1.165, 1.54) is 51.7 Å². The van der Waals surface area contributed by atoms with Gasteiger partial charge in [0.2, 0.25) is 0 Å². The van der Waals surface area contributed by atoms with Crippen LogP contribution in [0.15, 0.2) is 14.3 Å². The molecule has 1 nitrogen and oxygen atoms in total. The molecule has 1 aromatic heterocycles. The molecule has 17 heavy (non-hydrogen) atoms. The van der Waals surface area contributed by atoms with Crippen molar-refractivity contribution < 1.29 is 0 Å². The lowest BCUT2D eigenvalue weighted by molar-refractivity contribution is 0.346. The second-order valence-corrected chi connectivity index (χ2v) is 8.04. The van der Waals surface area contributed by atoms with Gasteiger partial charge in [-0.2, -0.15) is 0 Å². The Morgan fingerprint density at radius 2 is 1.88 bits per heavy atom. The van der Waals surface area contributed by atoms with E-state index in [9.17, 15) is 0 Å². The summed E-state index contributed by atoms with van der Waals surface area (Å²) in [6, 6.07) is 2.79. The van der Waals surface area contributed by atoms with Crippen LogP contribution in [-0.2, 0) is 0 Å². The minimum absolute atomic E-state index is 0.528. The SMILES string of the molecule is CNC(c1cc(Br)c(Br)s1)C1CCCCCC1. The van der Waals surface area contributed by atoms with E-state index in [0.717, 1.165) is 5.92 Å². The lowest BCUT2D eigenvalue weighted by atomic mass is 9.91. The highest BCUT2D eigenvalue weighted by Crippen LogP contribution is 2.40. The second-order valence-electron chi connectivity index (χ2n) is 4.79. The molecule has 0 radical (unpaired) electrons. The zero-order chi connectivity index (χ0) is 12.3. The molecule has 0 bridgehead atoms. The first kappa shape index (κ1) is 14.0. The molecule has 0 spiro atoms. The number of halogens is 2. The summed E-state index contributed by atoms with van der Waals surface area (Å²) in [5.41, 5.74) is 0. The fourth-order valence-corrected chi connectivity index (χ4v) is 5.06. The average Bonchev–Trinajstić information content (AvgIpc) is 2.56. The predicted octanol–water partition coefficient (Wildman–Crippen LogP) is 5.50. The van der Waals surface area contributed by atoms with E-state index < -0.39 is 0 Å². The second kappa shape index (κ2) is 6.69. The van der Waals surface area contributed by atoms with Crippen molar-refractivity contribution in [2.45, 2.75) is 44.6 Å². The third-order valence-corrected chi connectivity index (χ3v) is 6.99. The number of rotatable bonds is 3. The van der Waals surface area contributed by atoms with Crippen LogP contribution in [0, 0.1) is 5.92 Å². The summed E-state index contributed by atoms with van der Waals surface area (Å²) in [5.74, 6) is 0.806. The standard InChI is InChI=1S/C13H19Br2NS/c1-16-12(9-6-4-2-3-5-7-9)11-8-10(14)13(15)17-11/h8-9,12,16H,2-7H2,1H3. The van der Waals surface area contributed by atoms with Crippen LogP contribution in [0.4, 0.5) is 0 Å². The van der Waals surface area contributed by atoms with E-state index in [2.05, 4.69) is 50.3 Å². The van der Waals surface area contributed by atoms with Gasteiger partial charge in [-0.05, 0) is 63.7 Å². The molecule has 0 aliphatic heterocycles. The van der Waals surface area contributed by atoms with Gasteiger partial charge in [0.05, 0.1) is 3.79 Å². The van der Waals surface area contributed by atoms with Crippen molar-refractivity contribution in [3.05, 3.63) is 19.2 Å². The van der Waals surface area contributed by atoms with Gasteiger partial charge in [0.15, 0.2) is 0 Å². The summed E-state index contributed by atoms with van der Waals surface area (Å²) in [6.07, 6.45) is 8.39. The first-order chi connectivity index (χ1) is 8.22. The Labute approximate surface area is 125 Å². The third-order valence-electron chi connectivity index (χ3n) is 3.65. The highest BCUT2D eigenvalue weighted by molar-refractivity contribution is 9.13. The molecule has 96 valence electrons. The van der Waals surface area contributed by atoms with Crippen LogP contribution in [0.5, 0.6) is 0 Å². The summed E-state index contributed by atoms with van der Waals surface area (Å²) >= 11 is 9.04. The molecule has 1 aliphatic rings. The van der Waals surface area contributed by atoms with Gasteiger partial charge < -0.3 is 5.32 Å². The smallest absolute Gasteiger partial charge is 0.0843 e. The van der Waals surface area contributed by atoms with E-state index >= 15 is 0 Å². The Morgan fingerprint density at radius 1 is 1.24 bits per heavy atom. The molecule has 2 rings (SSSR count). The zero-order valence-electron chi connectivity index (χ0n) is 10.1. The summed E-state index contributed by atoms with van der Waals surface area (Å²) in [5, 5.41) is 3.53. The molecule has 1 fully saturated rings. The topological polar surface area (TPSA) is 12.0 Å². The molecule has 1 unspecified atom stereocenters. The molecule has 1 heterocycles. The van der Waals surface area contributed by atoms with E-state index in [-0.39, 0.29) is 0 Å². The Hall–Kier alpha value is 0.620. The van der Waals surface area contributed by atoms with Crippen LogP contribution in [0.2, 0.25) is 0 Å². The number of hydrogen-bond donors (Lipinski definition) is 1. The molecule has 1 N–H and O–H groups in total. The Balaban J connectivity index is 2.13. The molecular formula is C13H19Br2NS. The maximum absolute atomic E-state index is 3.60. The summed E-state index contributed by atoms with van der Waals surface area (Å²) < 4.78 is 2.40. The monoisotopic (exact) mass is 379 g/mol. The minimum atomic E-state index is 0.528. The van der Waals surface area contributed by atoms with Crippen molar-refractivity contribution >= 4 is 43.2 Å². The van der Waals surface area contributed by atoms with Gasteiger partial charge in [-0.25, -0.2) is 0 Å². The molecule has 1 atom stereocenters. The normalized spacial score (nSPS) is 20.2. The van der Waals surface area contributed by atoms with Crippen molar-refractivity contribution in [2.24, 2.45) is 5.92 Å². The highest BCUT2D eigenvalue weighted by atomic mass is 79.9. The summed E-state index contributed by atoms with van der Waals surface area (Å²) in [4.78, 5) is 1.46. The van der Waals surface area contributed by atoms with Gasteiger partial charge in [0, 0.05) is 15.4 Å². The van der Waals surface area contributed by atoms with Gasteiger partial charge in [-0.1, -0.05) is 25.7 Å². The van der Waals surface area contributed by atoms with Crippen molar-refractivity contribution in [3.63, 3.8) is 0 Å². The van der Waals surface area contributed by atoms with Crippen LogP contribution >= 0.6 is 43.2 Å². The number of thiophene rings is 1. The maximum atomic E-state index is 3.60. The first-order valence-corrected chi connectivity index (χ1v) is 8.74. The van der Waals surface area contributed by atoms with Gasteiger partial charge in [0.25, 0.3) is 0 Å².